The van der Waals surface area contributed by atoms with E-state index in [9.17, 15) is 13.2 Å². The molecule has 1 amide bonds. The van der Waals surface area contributed by atoms with Crippen molar-refractivity contribution in [3.05, 3.63) is 47.1 Å². The smallest absolute Gasteiger partial charge is 0.257 e. The van der Waals surface area contributed by atoms with Gasteiger partial charge in [-0.3, -0.25) is 4.79 Å². The molecule has 29 heavy (non-hydrogen) atoms. The molecule has 0 radical (unpaired) electrons. The molecule has 0 bridgehead atoms. The molecule has 0 atom stereocenters. The van der Waals surface area contributed by atoms with Gasteiger partial charge in [-0.05, 0) is 30.8 Å². The van der Waals surface area contributed by atoms with Crippen molar-refractivity contribution >= 4 is 33.2 Å². The summed E-state index contributed by atoms with van der Waals surface area (Å²) < 4.78 is 32.4. The lowest BCUT2D eigenvalue weighted by molar-refractivity contribution is 0.102. The van der Waals surface area contributed by atoms with Crippen LogP contribution in [0.5, 0.6) is 5.88 Å². The van der Waals surface area contributed by atoms with Crippen LogP contribution in [0.3, 0.4) is 0 Å². The summed E-state index contributed by atoms with van der Waals surface area (Å²) in [6.07, 6.45) is 1.44. The van der Waals surface area contributed by atoms with E-state index in [1.165, 1.54) is 35.8 Å². The number of carbonyl (C=O) groups excluding carboxylic acids is 1. The van der Waals surface area contributed by atoms with Gasteiger partial charge in [0, 0.05) is 32.2 Å². The fourth-order valence-electron chi connectivity index (χ4n) is 3.05. The first-order valence-corrected chi connectivity index (χ1v) is 11.0. The molecule has 3 rings (SSSR count). The Morgan fingerprint density at radius 3 is 2.52 bits per heavy atom. The minimum atomic E-state index is -3.71. The molecule has 1 fully saturated rings. The molecular weight excluding hydrogens is 416 g/mol. The number of benzene rings is 1. The van der Waals surface area contributed by atoms with Crippen LogP contribution >= 0.6 is 11.6 Å². The zero-order valence-electron chi connectivity index (χ0n) is 16.3. The fourth-order valence-corrected chi connectivity index (χ4v) is 4.70. The summed E-state index contributed by atoms with van der Waals surface area (Å²) in [4.78, 5) is 18.9. The lowest BCUT2D eigenvalue weighted by atomic mass is 10.2. The van der Waals surface area contributed by atoms with Crippen LogP contribution in [0.2, 0.25) is 5.02 Å². The molecule has 0 saturated carbocycles. The van der Waals surface area contributed by atoms with Crippen molar-refractivity contribution in [3.63, 3.8) is 0 Å². The van der Waals surface area contributed by atoms with E-state index < -0.39 is 15.9 Å². The number of piperazine rings is 1. The number of ether oxygens (including phenoxy) is 1. The number of aromatic nitrogens is 1. The summed E-state index contributed by atoms with van der Waals surface area (Å²) in [6.45, 7) is 5.13. The van der Waals surface area contributed by atoms with E-state index in [-0.39, 0.29) is 15.5 Å². The van der Waals surface area contributed by atoms with Gasteiger partial charge in [0.15, 0.2) is 0 Å². The number of rotatable bonds is 6. The quantitative estimate of drug-likeness (QED) is 0.744. The number of nitrogens with zero attached hydrogens (tertiary/aromatic N) is 3. The molecule has 0 spiro atoms. The number of hydrogen-bond acceptors (Lipinski definition) is 6. The number of sulfonamides is 1. The van der Waals surface area contributed by atoms with Crippen molar-refractivity contribution in [2.45, 2.75) is 11.8 Å². The predicted octanol–water partition coefficient (Wildman–Crippen LogP) is 2.32. The molecule has 2 heterocycles. The Morgan fingerprint density at radius 1 is 1.21 bits per heavy atom. The molecule has 1 saturated heterocycles. The molecule has 10 heteroatoms. The Hall–Kier alpha value is -2.20. The SMILES string of the molecule is CCN1CCN(S(=O)(=O)c2ccc(Cl)c(C(=O)Nc3ccc(OC)nc3)c2)CC1. The lowest BCUT2D eigenvalue weighted by Crippen LogP contribution is -2.48. The van der Waals surface area contributed by atoms with Crippen molar-refractivity contribution in [2.24, 2.45) is 0 Å². The van der Waals surface area contributed by atoms with Crippen molar-refractivity contribution in [2.75, 3.05) is 45.2 Å². The van der Waals surface area contributed by atoms with Crippen LogP contribution in [0.25, 0.3) is 0 Å². The highest BCUT2D eigenvalue weighted by atomic mass is 35.5. The topological polar surface area (TPSA) is 91.8 Å². The average molecular weight is 439 g/mol. The van der Waals surface area contributed by atoms with Gasteiger partial charge >= 0.3 is 0 Å². The maximum Gasteiger partial charge on any atom is 0.257 e. The first-order valence-electron chi connectivity index (χ1n) is 9.18. The van der Waals surface area contributed by atoms with Gasteiger partial charge in [-0.25, -0.2) is 13.4 Å². The molecule has 8 nitrogen and oxygen atoms in total. The number of amides is 1. The van der Waals surface area contributed by atoms with Gasteiger partial charge in [0.05, 0.1) is 34.5 Å². The van der Waals surface area contributed by atoms with Gasteiger partial charge in [0.25, 0.3) is 5.91 Å². The van der Waals surface area contributed by atoms with E-state index in [0.29, 0.717) is 37.7 Å². The standard InChI is InChI=1S/C19H23ClN4O4S/c1-3-23-8-10-24(11-9-23)29(26,27)15-5-6-17(20)16(12-15)19(25)22-14-4-7-18(28-2)21-13-14/h4-7,12-13H,3,8-11H2,1-2H3,(H,22,25). The third kappa shape index (κ3) is 4.87. The second kappa shape index (κ2) is 9.08. The van der Waals surface area contributed by atoms with E-state index in [0.717, 1.165) is 6.54 Å². The lowest BCUT2D eigenvalue weighted by Gasteiger charge is -2.33. The van der Waals surface area contributed by atoms with Crippen LogP contribution in [0.15, 0.2) is 41.4 Å². The summed E-state index contributed by atoms with van der Waals surface area (Å²) in [5.41, 5.74) is 0.520. The Bertz CT molecular complexity index is 974. The van der Waals surface area contributed by atoms with E-state index >= 15 is 0 Å². The van der Waals surface area contributed by atoms with Crippen LogP contribution in [0.4, 0.5) is 5.69 Å². The van der Waals surface area contributed by atoms with Gasteiger partial charge in [-0.15, -0.1) is 0 Å². The molecule has 1 aliphatic heterocycles. The third-order valence-corrected chi connectivity index (χ3v) is 7.03. The fraction of sp³-hybridized carbons (Fsp3) is 0.368. The van der Waals surface area contributed by atoms with E-state index in [4.69, 9.17) is 16.3 Å². The predicted molar refractivity (Wildman–Crippen MR) is 111 cm³/mol. The molecule has 1 N–H and O–H groups in total. The number of anilines is 1. The molecule has 1 aromatic heterocycles. The maximum atomic E-state index is 13.0. The van der Waals surface area contributed by atoms with Crippen LogP contribution in [-0.4, -0.2) is 68.3 Å². The zero-order valence-corrected chi connectivity index (χ0v) is 17.8. The van der Waals surface area contributed by atoms with Gasteiger partial charge < -0.3 is 15.0 Å². The summed E-state index contributed by atoms with van der Waals surface area (Å²) in [6, 6.07) is 7.41. The Labute approximate surface area is 175 Å². The van der Waals surface area contributed by atoms with Crippen LogP contribution in [0.1, 0.15) is 17.3 Å². The van der Waals surface area contributed by atoms with Crippen molar-refractivity contribution < 1.29 is 17.9 Å². The molecular formula is C19H23ClN4O4S. The second-order valence-corrected chi connectivity index (χ2v) is 8.87. The summed E-state index contributed by atoms with van der Waals surface area (Å²) in [7, 11) is -2.21. The molecule has 0 aliphatic carbocycles. The molecule has 0 unspecified atom stereocenters. The van der Waals surface area contributed by atoms with E-state index in [1.54, 1.807) is 12.1 Å². The normalized spacial score (nSPS) is 15.8. The molecule has 1 aliphatic rings. The average Bonchev–Trinajstić information content (AvgIpc) is 2.74. The molecule has 1 aromatic carbocycles. The highest BCUT2D eigenvalue weighted by Crippen LogP contribution is 2.25. The number of carbonyl (C=O) groups is 1. The number of likely N-dealkylation sites (N-methyl/N-ethyl adjacent to an activating group) is 1. The van der Waals surface area contributed by atoms with E-state index in [1.807, 2.05) is 6.92 Å². The van der Waals surface area contributed by atoms with Gasteiger partial charge in [0.2, 0.25) is 15.9 Å². The zero-order chi connectivity index (χ0) is 21.0. The first-order chi connectivity index (χ1) is 13.8. The highest BCUT2D eigenvalue weighted by molar-refractivity contribution is 7.89. The number of hydrogen-bond donors (Lipinski definition) is 1. The van der Waals surface area contributed by atoms with Gasteiger partial charge in [-0.2, -0.15) is 4.31 Å². The number of methoxy groups -OCH3 is 1. The van der Waals surface area contributed by atoms with Gasteiger partial charge in [-0.1, -0.05) is 18.5 Å². The summed E-state index contributed by atoms with van der Waals surface area (Å²) in [5.74, 6) is -0.105. The monoisotopic (exact) mass is 438 g/mol. The maximum absolute atomic E-state index is 13.0. The van der Waals surface area contributed by atoms with Crippen LogP contribution in [-0.2, 0) is 10.0 Å². The van der Waals surface area contributed by atoms with Crippen molar-refractivity contribution in [1.82, 2.24) is 14.2 Å². The number of nitrogens with one attached hydrogen (secondary N) is 1. The first kappa shape index (κ1) is 21.5. The third-order valence-electron chi connectivity index (χ3n) is 4.80. The Balaban J connectivity index is 1.80. The largest absolute Gasteiger partial charge is 0.481 e. The van der Waals surface area contributed by atoms with Crippen molar-refractivity contribution in [1.29, 1.82) is 0 Å². The van der Waals surface area contributed by atoms with E-state index in [2.05, 4.69) is 15.2 Å². The second-order valence-electron chi connectivity index (χ2n) is 6.52. The summed E-state index contributed by atoms with van der Waals surface area (Å²) in [5, 5.41) is 2.83. The molecule has 156 valence electrons. The minimum absolute atomic E-state index is 0.0462. The highest BCUT2D eigenvalue weighted by Gasteiger charge is 2.29. The van der Waals surface area contributed by atoms with Gasteiger partial charge in [0.1, 0.15) is 0 Å². The van der Waals surface area contributed by atoms with Crippen LogP contribution < -0.4 is 10.1 Å². The van der Waals surface area contributed by atoms with Crippen LogP contribution in [0, 0.1) is 0 Å². The minimum Gasteiger partial charge on any atom is -0.481 e. The summed E-state index contributed by atoms with van der Waals surface area (Å²) >= 11 is 6.17. The number of halogens is 1. The van der Waals surface area contributed by atoms with Crippen molar-refractivity contribution in [3.8, 4) is 5.88 Å². The molecule has 2 aromatic rings. The Morgan fingerprint density at radius 2 is 1.93 bits per heavy atom. The Kier molecular flexibility index (Phi) is 6.74. The number of pyridine rings is 1.